The Morgan fingerprint density at radius 2 is 1.89 bits per heavy atom. The summed E-state index contributed by atoms with van der Waals surface area (Å²) in [6, 6.07) is 3.89. The number of carbonyl (C=O) groups excluding carboxylic acids is 3. The van der Waals surface area contributed by atoms with E-state index in [1.54, 1.807) is 13.8 Å². The van der Waals surface area contributed by atoms with E-state index in [9.17, 15) is 37.9 Å². The molecule has 0 spiro atoms. The summed E-state index contributed by atoms with van der Waals surface area (Å²) in [7, 11) is 0. The number of halogens is 4. The molecule has 1 aliphatic heterocycles. The van der Waals surface area contributed by atoms with Gasteiger partial charge in [0.1, 0.15) is 12.1 Å². The van der Waals surface area contributed by atoms with Crippen LogP contribution in [0.25, 0.3) is 0 Å². The lowest BCUT2D eigenvalue weighted by Gasteiger charge is -2.31. The third-order valence-electron chi connectivity index (χ3n) is 5.72. The molecule has 4 atom stereocenters. The predicted octanol–water partition coefficient (Wildman–Crippen LogP) is 2.55. The summed E-state index contributed by atoms with van der Waals surface area (Å²) in [5.41, 5.74) is -4.08. The number of alkyl halides is 3. The van der Waals surface area contributed by atoms with E-state index in [2.05, 4.69) is 16.0 Å². The third kappa shape index (κ3) is 7.57. The van der Waals surface area contributed by atoms with Gasteiger partial charge in [-0.25, -0.2) is 0 Å². The topological polar surface area (TPSA) is 131 Å². The molecule has 192 valence electrons. The molecule has 4 N–H and O–H groups in total. The number of carbonyl (C=O) groups is 3. The van der Waals surface area contributed by atoms with E-state index in [1.165, 1.54) is 0 Å². The Morgan fingerprint density at radius 1 is 1.26 bits per heavy atom. The van der Waals surface area contributed by atoms with Gasteiger partial charge in [0, 0.05) is 17.5 Å². The normalized spacial score (nSPS) is 19.3. The molecule has 1 aromatic carbocycles. The minimum atomic E-state index is -5.19. The second-order valence-corrected chi connectivity index (χ2v) is 9.43. The number of nitriles is 1. The second-order valence-electron chi connectivity index (χ2n) is 8.99. The fourth-order valence-corrected chi connectivity index (χ4v) is 3.97. The quantitative estimate of drug-likeness (QED) is 0.379. The summed E-state index contributed by atoms with van der Waals surface area (Å²) < 4.78 is 41.4. The molecule has 1 unspecified atom stereocenters. The summed E-state index contributed by atoms with van der Waals surface area (Å²) in [6.07, 6.45) is -5.92. The molecule has 0 radical (unpaired) electrons. The van der Waals surface area contributed by atoms with Crippen LogP contribution in [0.2, 0.25) is 5.02 Å². The lowest BCUT2D eigenvalue weighted by Crippen LogP contribution is -2.53. The summed E-state index contributed by atoms with van der Waals surface area (Å²) in [5.74, 6) is -2.77. The zero-order chi connectivity index (χ0) is 26.4. The van der Waals surface area contributed by atoms with E-state index in [4.69, 9.17) is 11.6 Å². The zero-order valence-corrected chi connectivity index (χ0v) is 20.0. The van der Waals surface area contributed by atoms with Crippen LogP contribution >= 0.6 is 11.6 Å². The van der Waals surface area contributed by atoms with Crippen molar-refractivity contribution in [1.29, 1.82) is 5.26 Å². The van der Waals surface area contributed by atoms with Crippen LogP contribution in [0.15, 0.2) is 24.3 Å². The van der Waals surface area contributed by atoms with Gasteiger partial charge in [0.05, 0.1) is 12.5 Å². The summed E-state index contributed by atoms with van der Waals surface area (Å²) in [5, 5.41) is 27.4. The minimum Gasteiger partial charge on any atom is -0.376 e. The molecule has 0 aromatic heterocycles. The first kappa shape index (κ1) is 28.4. The molecule has 3 amide bonds. The van der Waals surface area contributed by atoms with Gasteiger partial charge in [0.25, 0.3) is 0 Å². The van der Waals surface area contributed by atoms with Crippen molar-refractivity contribution in [3.63, 3.8) is 0 Å². The lowest BCUT2D eigenvalue weighted by molar-refractivity contribution is -0.267. The third-order valence-corrected chi connectivity index (χ3v) is 5.97. The van der Waals surface area contributed by atoms with Gasteiger partial charge in [-0.15, -0.1) is 0 Å². The van der Waals surface area contributed by atoms with Gasteiger partial charge in [-0.2, -0.15) is 18.4 Å². The molecular formula is C23H28ClF3N4O4. The van der Waals surface area contributed by atoms with Crippen LogP contribution in [0.1, 0.15) is 45.1 Å². The largest absolute Gasteiger partial charge is 0.421 e. The van der Waals surface area contributed by atoms with Crippen molar-refractivity contribution < 1.29 is 32.7 Å². The van der Waals surface area contributed by atoms with Crippen LogP contribution in [-0.4, -0.2) is 47.6 Å². The van der Waals surface area contributed by atoms with Crippen molar-refractivity contribution in [2.45, 2.75) is 63.4 Å². The maximum Gasteiger partial charge on any atom is 0.421 e. The van der Waals surface area contributed by atoms with Crippen molar-refractivity contribution in [2.24, 2.45) is 11.8 Å². The van der Waals surface area contributed by atoms with Gasteiger partial charge in [-0.1, -0.05) is 37.6 Å². The van der Waals surface area contributed by atoms with Gasteiger partial charge < -0.3 is 21.1 Å². The lowest BCUT2D eigenvalue weighted by atomic mass is 9.89. The van der Waals surface area contributed by atoms with Crippen LogP contribution in [0.4, 0.5) is 13.2 Å². The van der Waals surface area contributed by atoms with Crippen molar-refractivity contribution in [2.75, 3.05) is 6.54 Å². The fraction of sp³-hybridized carbons (Fsp3) is 0.565. The SMILES string of the molecule is CC(C)C[C@H](NC(=O)CC(O)(c1ccc(Cl)cc1)C(F)(F)F)C(=O)N[C@H](C#N)C[C@@H]1CCNC1=O. The Labute approximate surface area is 206 Å². The average molecular weight is 517 g/mol. The molecule has 2 rings (SSSR count). The van der Waals surface area contributed by atoms with Crippen molar-refractivity contribution >= 4 is 29.3 Å². The van der Waals surface area contributed by atoms with Crippen molar-refractivity contribution in [3.05, 3.63) is 34.9 Å². The van der Waals surface area contributed by atoms with Crippen LogP contribution in [0.5, 0.6) is 0 Å². The van der Waals surface area contributed by atoms with Crippen molar-refractivity contribution in [1.82, 2.24) is 16.0 Å². The van der Waals surface area contributed by atoms with Gasteiger partial charge in [-0.3, -0.25) is 14.4 Å². The Morgan fingerprint density at radius 3 is 2.37 bits per heavy atom. The molecule has 1 fully saturated rings. The van der Waals surface area contributed by atoms with Crippen LogP contribution in [0, 0.1) is 23.2 Å². The first-order valence-electron chi connectivity index (χ1n) is 11.1. The van der Waals surface area contributed by atoms with E-state index in [-0.39, 0.29) is 29.7 Å². The van der Waals surface area contributed by atoms with Crippen LogP contribution in [0.3, 0.4) is 0 Å². The Balaban J connectivity index is 2.15. The maximum atomic E-state index is 13.8. The number of benzene rings is 1. The number of nitrogens with one attached hydrogen (secondary N) is 3. The number of aliphatic hydroxyl groups is 1. The number of hydrogen-bond donors (Lipinski definition) is 4. The summed E-state index contributed by atoms with van der Waals surface area (Å²) in [6.45, 7) is 3.96. The van der Waals surface area contributed by atoms with E-state index in [0.29, 0.717) is 13.0 Å². The summed E-state index contributed by atoms with van der Waals surface area (Å²) >= 11 is 5.72. The number of amides is 3. The molecule has 0 bridgehead atoms. The molecule has 1 heterocycles. The zero-order valence-electron chi connectivity index (χ0n) is 19.3. The Hall–Kier alpha value is -2.84. The monoisotopic (exact) mass is 516 g/mol. The molecule has 0 aliphatic carbocycles. The highest BCUT2D eigenvalue weighted by Crippen LogP contribution is 2.42. The van der Waals surface area contributed by atoms with Gasteiger partial charge >= 0.3 is 6.18 Å². The molecule has 8 nitrogen and oxygen atoms in total. The van der Waals surface area contributed by atoms with Gasteiger partial charge in [0.2, 0.25) is 17.7 Å². The number of nitrogens with zero attached hydrogens (tertiary/aromatic N) is 1. The van der Waals surface area contributed by atoms with E-state index in [1.807, 2.05) is 6.07 Å². The molecule has 0 saturated carbocycles. The van der Waals surface area contributed by atoms with E-state index >= 15 is 0 Å². The second kappa shape index (κ2) is 11.7. The highest BCUT2D eigenvalue weighted by molar-refractivity contribution is 6.30. The van der Waals surface area contributed by atoms with Gasteiger partial charge in [-0.05, 0) is 42.9 Å². The highest BCUT2D eigenvalue weighted by atomic mass is 35.5. The molecule has 1 saturated heterocycles. The number of rotatable bonds is 10. The molecule has 12 heteroatoms. The smallest absolute Gasteiger partial charge is 0.376 e. The first-order valence-corrected chi connectivity index (χ1v) is 11.5. The summed E-state index contributed by atoms with van der Waals surface area (Å²) in [4.78, 5) is 37.2. The Kier molecular flexibility index (Phi) is 9.52. The average Bonchev–Trinajstić information content (AvgIpc) is 3.16. The maximum absolute atomic E-state index is 13.8. The molecule has 1 aromatic rings. The fourth-order valence-electron chi connectivity index (χ4n) is 3.84. The van der Waals surface area contributed by atoms with Crippen molar-refractivity contribution in [3.8, 4) is 6.07 Å². The predicted molar refractivity (Wildman–Crippen MR) is 121 cm³/mol. The minimum absolute atomic E-state index is 0.0702. The standard InChI is InChI=1S/C23H28ClF3N4O4/c1-13(2)9-18(21(34)30-17(12-28)10-14-7-8-29-20(14)33)31-19(32)11-22(35,23(25,26)27)15-3-5-16(24)6-4-15/h3-6,13-14,17-18,35H,7-11H2,1-2H3,(H,29,33)(H,30,34)(H,31,32)/t14-,17-,18-,22?/m0/s1. The first-order chi connectivity index (χ1) is 16.3. The molecule has 35 heavy (non-hydrogen) atoms. The van der Waals surface area contributed by atoms with E-state index in [0.717, 1.165) is 24.3 Å². The van der Waals surface area contributed by atoms with Gasteiger partial charge in [0.15, 0.2) is 5.60 Å². The number of hydrogen-bond acceptors (Lipinski definition) is 5. The van der Waals surface area contributed by atoms with E-state index < -0.39 is 53.6 Å². The van der Waals surface area contributed by atoms with Crippen LogP contribution in [-0.2, 0) is 20.0 Å². The molecule has 1 aliphatic rings. The molecular weight excluding hydrogens is 489 g/mol. The Bertz CT molecular complexity index is 965. The van der Waals surface area contributed by atoms with Crippen LogP contribution < -0.4 is 16.0 Å². The highest BCUT2D eigenvalue weighted by Gasteiger charge is 2.56.